The van der Waals surface area contributed by atoms with Crippen molar-refractivity contribution in [3.63, 3.8) is 0 Å². The number of hydrogen-bond donors (Lipinski definition) is 2. The minimum Gasteiger partial charge on any atom is -0.380 e. The summed E-state index contributed by atoms with van der Waals surface area (Å²) in [7, 11) is 1.65. The van der Waals surface area contributed by atoms with Gasteiger partial charge in [0.2, 0.25) is 0 Å². The SMILES string of the molecule is COCc1c[nH]c2c(=O)[nH]c3ccccc3c12. The van der Waals surface area contributed by atoms with Crippen molar-refractivity contribution in [2.24, 2.45) is 0 Å². The van der Waals surface area contributed by atoms with Gasteiger partial charge in [-0.2, -0.15) is 0 Å². The van der Waals surface area contributed by atoms with Gasteiger partial charge in [-0.15, -0.1) is 0 Å². The van der Waals surface area contributed by atoms with E-state index in [0.717, 1.165) is 21.9 Å². The van der Waals surface area contributed by atoms with Crippen molar-refractivity contribution in [2.75, 3.05) is 7.11 Å². The van der Waals surface area contributed by atoms with Gasteiger partial charge in [-0.1, -0.05) is 18.2 Å². The number of benzene rings is 1. The highest BCUT2D eigenvalue weighted by atomic mass is 16.5. The van der Waals surface area contributed by atoms with Gasteiger partial charge in [0, 0.05) is 35.2 Å². The molecule has 4 heteroatoms. The van der Waals surface area contributed by atoms with Crippen molar-refractivity contribution >= 4 is 21.8 Å². The van der Waals surface area contributed by atoms with E-state index in [1.54, 1.807) is 7.11 Å². The predicted octanol–water partition coefficient (Wildman–Crippen LogP) is 2.16. The van der Waals surface area contributed by atoms with E-state index in [2.05, 4.69) is 9.97 Å². The highest BCUT2D eigenvalue weighted by molar-refractivity contribution is 6.06. The standard InChI is InChI=1S/C13H12N2O2/c1-17-7-8-6-14-12-11(8)9-4-2-3-5-10(9)15-13(12)16/h2-6,14H,7H2,1H3,(H,15,16). The molecular formula is C13H12N2O2. The van der Waals surface area contributed by atoms with E-state index in [1.165, 1.54) is 0 Å². The summed E-state index contributed by atoms with van der Waals surface area (Å²) in [5, 5.41) is 1.99. The van der Waals surface area contributed by atoms with Crippen LogP contribution in [0.15, 0.2) is 35.3 Å². The lowest BCUT2D eigenvalue weighted by atomic mass is 10.1. The molecule has 86 valence electrons. The number of nitrogens with one attached hydrogen (secondary N) is 2. The Kier molecular flexibility index (Phi) is 2.23. The Labute approximate surface area is 97.2 Å². The number of para-hydroxylation sites is 1. The highest BCUT2D eigenvalue weighted by Crippen LogP contribution is 2.24. The molecule has 0 aliphatic carbocycles. The van der Waals surface area contributed by atoms with Gasteiger partial charge in [-0.25, -0.2) is 0 Å². The molecule has 0 bridgehead atoms. The lowest BCUT2D eigenvalue weighted by molar-refractivity contribution is 0.186. The average molecular weight is 228 g/mol. The molecule has 2 heterocycles. The molecular weight excluding hydrogens is 216 g/mol. The van der Waals surface area contributed by atoms with Crippen molar-refractivity contribution in [3.05, 3.63) is 46.4 Å². The van der Waals surface area contributed by atoms with E-state index in [0.29, 0.717) is 12.1 Å². The molecule has 0 unspecified atom stereocenters. The fourth-order valence-electron chi connectivity index (χ4n) is 2.22. The molecule has 3 rings (SSSR count). The van der Waals surface area contributed by atoms with Crippen LogP contribution in [0.2, 0.25) is 0 Å². The summed E-state index contributed by atoms with van der Waals surface area (Å²) in [6.45, 7) is 0.493. The van der Waals surface area contributed by atoms with Crippen LogP contribution in [0, 0.1) is 0 Å². The largest absolute Gasteiger partial charge is 0.380 e. The Hall–Kier alpha value is -2.07. The number of hydrogen-bond acceptors (Lipinski definition) is 2. The van der Waals surface area contributed by atoms with Crippen LogP contribution >= 0.6 is 0 Å². The first-order valence-corrected chi connectivity index (χ1v) is 5.41. The molecule has 0 fully saturated rings. The Morgan fingerprint density at radius 3 is 2.94 bits per heavy atom. The van der Waals surface area contributed by atoms with Gasteiger partial charge in [-0.3, -0.25) is 4.79 Å². The van der Waals surface area contributed by atoms with E-state index in [4.69, 9.17) is 4.74 Å². The molecule has 3 aromatic rings. The molecule has 0 atom stereocenters. The van der Waals surface area contributed by atoms with Crippen molar-refractivity contribution in [2.45, 2.75) is 6.61 Å². The molecule has 0 radical (unpaired) electrons. The predicted molar refractivity (Wildman–Crippen MR) is 67.1 cm³/mol. The van der Waals surface area contributed by atoms with Crippen LogP contribution in [0.3, 0.4) is 0 Å². The topological polar surface area (TPSA) is 57.9 Å². The van der Waals surface area contributed by atoms with Crippen molar-refractivity contribution in [1.82, 2.24) is 9.97 Å². The van der Waals surface area contributed by atoms with Crippen LogP contribution in [0.1, 0.15) is 5.56 Å². The third-order valence-corrected chi connectivity index (χ3v) is 2.93. The van der Waals surface area contributed by atoms with E-state index in [-0.39, 0.29) is 5.56 Å². The van der Waals surface area contributed by atoms with E-state index < -0.39 is 0 Å². The average Bonchev–Trinajstić information content (AvgIpc) is 2.75. The zero-order chi connectivity index (χ0) is 11.8. The molecule has 2 N–H and O–H groups in total. The highest BCUT2D eigenvalue weighted by Gasteiger charge is 2.10. The Balaban J connectivity index is 2.51. The number of aromatic amines is 2. The number of pyridine rings is 1. The molecule has 0 amide bonds. The summed E-state index contributed by atoms with van der Waals surface area (Å²) in [6, 6.07) is 7.77. The first kappa shape index (κ1) is 10.1. The summed E-state index contributed by atoms with van der Waals surface area (Å²) < 4.78 is 5.15. The van der Waals surface area contributed by atoms with E-state index >= 15 is 0 Å². The fourth-order valence-corrected chi connectivity index (χ4v) is 2.22. The Bertz CT molecular complexity index is 740. The van der Waals surface area contributed by atoms with Crippen LogP contribution in [0.25, 0.3) is 21.8 Å². The monoisotopic (exact) mass is 228 g/mol. The van der Waals surface area contributed by atoms with Crippen molar-refractivity contribution in [1.29, 1.82) is 0 Å². The van der Waals surface area contributed by atoms with Crippen LogP contribution in [0.4, 0.5) is 0 Å². The van der Waals surface area contributed by atoms with Crippen LogP contribution in [-0.4, -0.2) is 17.1 Å². The van der Waals surface area contributed by atoms with Gasteiger partial charge < -0.3 is 14.7 Å². The van der Waals surface area contributed by atoms with Crippen LogP contribution in [-0.2, 0) is 11.3 Å². The van der Waals surface area contributed by atoms with Crippen LogP contribution < -0.4 is 5.56 Å². The number of methoxy groups -OCH3 is 1. The molecule has 1 aromatic carbocycles. The van der Waals surface area contributed by atoms with Gasteiger partial charge in [0.1, 0.15) is 5.52 Å². The number of aromatic nitrogens is 2. The van der Waals surface area contributed by atoms with Gasteiger partial charge in [0.15, 0.2) is 0 Å². The van der Waals surface area contributed by atoms with E-state index in [9.17, 15) is 4.79 Å². The van der Waals surface area contributed by atoms with E-state index in [1.807, 2.05) is 30.5 Å². The molecule has 2 aromatic heterocycles. The van der Waals surface area contributed by atoms with Gasteiger partial charge in [-0.05, 0) is 6.07 Å². The number of rotatable bonds is 2. The Morgan fingerprint density at radius 2 is 2.12 bits per heavy atom. The molecule has 0 aliphatic heterocycles. The minimum absolute atomic E-state index is 0.0962. The normalized spacial score (nSPS) is 11.4. The first-order chi connectivity index (χ1) is 8.31. The maximum absolute atomic E-state index is 11.9. The van der Waals surface area contributed by atoms with Gasteiger partial charge in [0.05, 0.1) is 6.61 Å². The number of ether oxygens (including phenoxy) is 1. The number of fused-ring (bicyclic) bond motifs is 3. The molecule has 4 nitrogen and oxygen atoms in total. The second-order valence-corrected chi connectivity index (χ2v) is 4.00. The summed E-state index contributed by atoms with van der Waals surface area (Å²) in [5.41, 5.74) is 2.36. The summed E-state index contributed by atoms with van der Waals surface area (Å²) in [6.07, 6.45) is 1.83. The van der Waals surface area contributed by atoms with Crippen LogP contribution in [0.5, 0.6) is 0 Å². The summed E-state index contributed by atoms with van der Waals surface area (Å²) >= 11 is 0. The zero-order valence-corrected chi connectivity index (χ0v) is 9.41. The molecule has 17 heavy (non-hydrogen) atoms. The van der Waals surface area contributed by atoms with Crippen molar-refractivity contribution in [3.8, 4) is 0 Å². The lowest BCUT2D eigenvalue weighted by Gasteiger charge is -2.02. The van der Waals surface area contributed by atoms with Gasteiger partial charge in [0.25, 0.3) is 5.56 Å². The molecule has 0 saturated heterocycles. The number of H-pyrrole nitrogens is 2. The molecule has 0 saturated carbocycles. The molecule has 0 spiro atoms. The minimum atomic E-state index is -0.0962. The zero-order valence-electron chi connectivity index (χ0n) is 9.41. The molecule has 0 aliphatic rings. The smallest absolute Gasteiger partial charge is 0.272 e. The fraction of sp³-hybridized carbons (Fsp3) is 0.154. The third-order valence-electron chi connectivity index (χ3n) is 2.93. The second-order valence-electron chi connectivity index (χ2n) is 4.00. The van der Waals surface area contributed by atoms with Gasteiger partial charge >= 0.3 is 0 Å². The maximum atomic E-state index is 11.9. The first-order valence-electron chi connectivity index (χ1n) is 5.41. The quantitative estimate of drug-likeness (QED) is 0.706. The third kappa shape index (κ3) is 1.45. The lowest BCUT2D eigenvalue weighted by Crippen LogP contribution is -2.06. The summed E-state index contributed by atoms with van der Waals surface area (Å²) in [5.74, 6) is 0. The summed E-state index contributed by atoms with van der Waals surface area (Å²) in [4.78, 5) is 17.8. The van der Waals surface area contributed by atoms with Crippen molar-refractivity contribution < 1.29 is 4.74 Å². The second kappa shape index (κ2) is 3.75. The maximum Gasteiger partial charge on any atom is 0.272 e. The Morgan fingerprint density at radius 1 is 1.29 bits per heavy atom.